The van der Waals surface area contributed by atoms with Crippen LogP contribution in [0.2, 0.25) is 0 Å². The predicted octanol–water partition coefficient (Wildman–Crippen LogP) is 0.526. The molecule has 0 bridgehead atoms. The van der Waals surface area contributed by atoms with Gasteiger partial charge in [-0.25, -0.2) is 4.99 Å². The Kier molecular flexibility index (Phi) is 8.25. The smallest absolute Gasteiger partial charge is 0.305 e. The van der Waals surface area contributed by atoms with Crippen LogP contribution in [0, 0.1) is 0 Å². The number of ether oxygens (including phenoxy) is 1. The summed E-state index contributed by atoms with van der Waals surface area (Å²) < 4.78 is 6.26. The molecule has 0 fully saturated rings. The van der Waals surface area contributed by atoms with Gasteiger partial charge in [0.05, 0.1) is 19.9 Å². The minimum atomic E-state index is -1.08. The van der Waals surface area contributed by atoms with E-state index in [9.17, 15) is 9.90 Å². The van der Waals surface area contributed by atoms with Crippen LogP contribution >= 0.6 is 0 Å². The van der Waals surface area contributed by atoms with E-state index in [0.29, 0.717) is 18.9 Å². The molecule has 0 aliphatic rings. The first-order valence-corrected chi connectivity index (χ1v) is 8.19. The molecule has 0 aliphatic heterocycles. The lowest BCUT2D eigenvalue weighted by atomic mass is 10.0. The third-order valence-corrected chi connectivity index (χ3v) is 3.54. The van der Waals surface area contributed by atoms with Gasteiger partial charge in [-0.2, -0.15) is 5.10 Å². The Labute approximate surface area is 143 Å². The second-order valence-electron chi connectivity index (χ2n) is 5.83. The Balaban J connectivity index is 2.48. The molecule has 0 saturated heterocycles. The third kappa shape index (κ3) is 6.99. The van der Waals surface area contributed by atoms with Crippen LogP contribution in [-0.2, 0) is 22.2 Å². The summed E-state index contributed by atoms with van der Waals surface area (Å²) in [6.07, 6.45) is 5.43. The van der Waals surface area contributed by atoms with Crippen LogP contribution in [0.1, 0.15) is 38.7 Å². The van der Waals surface area contributed by atoms with E-state index in [0.717, 1.165) is 24.9 Å². The highest BCUT2D eigenvalue weighted by atomic mass is 16.5. The van der Waals surface area contributed by atoms with Crippen molar-refractivity contribution in [3.05, 3.63) is 18.0 Å². The molecule has 8 heteroatoms. The molecule has 0 saturated carbocycles. The van der Waals surface area contributed by atoms with Crippen molar-refractivity contribution in [2.24, 2.45) is 12.0 Å². The van der Waals surface area contributed by atoms with Crippen LogP contribution in [0.3, 0.4) is 0 Å². The van der Waals surface area contributed by atoms with E-state index in [-0.39, 0.29) is 12.5 Å². The maximum atomic E-state index is 11.0. The summed E-state index contributed by atoms with van der Waals surface area (Å²) in [7, 11) is 3.20. The number of rotatable bonds is 9. The summed E-state index contributed by atoms with van der Waals surface area (Å²) in [5, 5.41) is 21.0. The van der Waals surface area contributed by atoms with Gasteiger partial charge in [0.2, 0.25) is 0 Å². The fourth-order valence-electron chi connectivity index (χ4n) is 2.07. The molecule has 1 heterocycles. The summed E-state index contributed by atoms with van der Waals surface area (Å²) >= 11 is 0. The van der Waals surface area contributed by atoms with E-state index < -0.39 is 5.60 Å². The molecule has 0 amide bonds. The number of aliphatic hydroxyl groups is 1. The molecule has 136 valence electrons. The summed E-state index contributed by atoms with van der Waals surface area (Å²) in [4.78, 5) is 15.5. The van der Waals surface area contributed by atoms with Gasteiger partial charge in [0.25, 0.3) is 0 Å². The van der Waals surface area contributed by atoms with Crippen molar-refractivity contribution in [2.75, 3.05) is 26.7 Å². The van der Waals surface area contributed by atoms with E-state index in [1.807, 2.05) is 14.0 Å². The van der Waals surface area contributed by atoms with Crippen LogP contribution in [0.4, 0.5) is 0 Å². The number of guanidine groups is 1. The number of aromatic nitrogens is 2. The largest absolute Gasteiger partial charge is 0.469 e. The zero-order chi connectivity index (χ0) is 18.0. The standard InChI is InChI=1S/C16H29N5O3/c1-5-17-15(18-9-7-6-8-14(22)24-4)19-12-16(2,23)13-10-20-21(3)11-13/h10-11,23H,5-9,12H2,1-4H3,(H2,17,18,19). The average Bonchev–Trinajstić information content (AvgIpc) is 2.99. The number of hydrogen-bond donors (Lipinski definition) is 3. The number of nitrogens with one attached hydrogen (secondary N) is 2. The summed E-state index contributed by atoms with van der Waals surface area (Å²) in [5.74, 6) is 0.447. The minimum absolute atomic E-state index is 0.192. The molecule has 1 atom stereocenters. The van der Waals surface area contributed by atoms with E-state index in [1.165, 1.54) is 7.11 Å². The first-order valence-electron chi connectivity index (χ1n) is 8.19. The molecule has 0 aromatic carbocycles. The SMILES string of the molecule is CCNC(=NCC(C)(O)c1cnn(C)c1)NCCCCC(=O)OC. The first-order chi connectivity index (χ1) is 11.4. The van der Waals surface area contributed by atoms with Crippen LogP contribution < -0.4 is 10.6 Å². The highest BCUT2D eigenvalue weighted by Gasteiger charge is 2.24. The number of esters is 1. The van der Waals surface area contributed by atoms with E-state index >= 15 is 0 Å². The Hall–Kier alpha value is -2.09. The molecular formula is C16H29N5O3. The molecule has 1 aromatic heterocycles. The Morgan fingerprint density at radius 2 is 2.21 bits per heavy atom. The lowest BCUT2D eigenvalue weighted by Crippen LogP contribution is -2.39. The van der Waals surface area contributed by atoms with Crippen LogP contribution in [0.25, 0.3) is 0 Å². The van der Waals surface area contributed by atoms with Crippen molar-refractivity contribution in [3.8, 4) is 0 Å². The molecule has 1 unspecified atom stereocenters. The van der Waals surface area contributed by atoms with Crippen LogP contribution in [0.5, 0.6) is 0 Å². The molecule has 1 aromatic rings. The predicted molar refractivity (Wildman–Crippen MR) is 92.6 cm³/mol. The normalized spacial score (nSPS) is 14.1. The van der Waals surface area contributed by atoms with Crippen LogP contribution in [-0.4, -0.2) is 53.6 Å². The van der Waals surface area contributed by atoms with Gasteiger partial charge in [-0.1, -0.05) is 0 Å². The summed E-state index contributed by atoms with van der Waals surface area (Å²) in [6, 6.07) is 0. The number of aryl methyl sites for hydroxylation is 1. The van der Waals surface area contributed by atoms with Crippen molar-refractivity contribution in [1.82, 2.24) is 20.4 Å². The maximum Gasteiger partial charge on any atom is 0.305 e. The molecule has 8 nitrogen and oxygen atoms in total. The van der Waals surface area contributed by atoms with E-state index in [4.69, 9.17) is 0 Å². The molecule has 0 spiro atoms. The summed E-state index contributed by atoms with van der Waals surface area (Å²) in [5.41, 5.74) is -0.357. The van der Waals surface area contributed by atoms with E-state index in [2.05, 4.69) is 25.5 Å². The number of unbranched alkanes of at least 4 members (excludes halogenated alkanes) is 1. The highest BCUT2D eigenvalue weighted by molar-refractivity contribution is 5.79. The molecule has 0 radical (unpaired) electrons. The lowest BCUT2D eigenvalue weighted by molar-refractivity contribution is -0.140. The topological polar surface area (TPSA) is 101 Å². The first kappa shape index (κ1) is 20.0. The minimum Gasteiger partial charge on any atom is -0.469 e. The van der Waals surface area contributed by atoms with Crippen LogP contribution in [0.15, 0.2) is 17.4 Å². The van der Waals surface area contributed by atoms with Gasteiger partial charge < -0.3 is 20.5 Å². The Morgan fingerprint density at radius 1 is 1.46 bits per heavy atom. The van der Waals surface area contributed by atoms with Crippen molar-refractivity contribution in [1.29, 1.82) is 0 Å². The number of carbonyl (C=O) groups is 1. The zero-order valence-corrected chi connectivity index (χ0v) is 15.0. The van der Waals surface area contributed by atoms with Gasteiger partial charge in [0, 0.05) is 38.3 Å². The van der Waals surface area contributed by atoms with Gasteiger partial charge in [0.1, 0.15) is 5.60 Å². The molecule has 0 aliphatic carbocycles. The zero-order valence-electron chi connectivity index (χ0n) is 15.0. The van der Waals surface area contributed by atoms with Gasteiger partial charge in [-0.05, 0) is 26.7 Å². The van der Waals surface area contributed by atoms with Crippen molar-refractivity contribution in [3.63, 3.8) is 0 Å². The molecule has 24 heavy (non-hydrogen) atoms. The number of hydrogen-bond acceptors (Lipinski definition) is 5. The Morgan fingerprint density at radius 3 is 2.79 bits per heavy atom. The van der Waals surface area contributed by atoms with Crippen molar-refractivity contribution >= 4 is 11.9 Å². The lowest BCUT2D eigenvalue weighted by Gasteiger charge is -2.20. The highest BCUT2D eigenvalue weighted by Crippen LogP contribution is 2.19. The number of carbonyl (C=O) groups excluding carboxylic acids is 1. The van der Waals surface area contributed by atoms with Gasteiger partial charge in [-0.15, -0.1) is 0 Å². The number of aliphatic imine (C=N–C) groups is 1. The van der Waals surface area contributed by atoms with Crippen molar-refractivity contribution in [2.45, 2.75) is 38.7 Å². The second-order valence-corrected chi connectivity index (χ2v) is 5.83. The average molecular weight is 339 g/mol. The number of methoxy groups -OCH3 is 1. The van der Waals surface area contributed by atoms with Gasteiger partial charge in [0.15, 0.2) is 5.96 Å². The Bertz CT molecular complexity index is 540. The third-order valence-electron chi connectivity index (χ3n) is 3.54. The quantitative estimate of drug-likeness (QED) is 0.263. The van der Waals surface area contributed by atoms with Gasteiger partial charge >= 0.3 is 5.97 Å². The molecular weight excluding hydrogens is 310 g/mol. The number of nitrogens with zero attached hydrogens (tertiary/aromatic N) is 3. The fraction of sp³-hybridized carbons (Fsp3) is 0.688. The summed E-state index contributed by atoms with van der Waals surface area (Å²) in [6.45, 7) is 5.33. The second kappa shape index (κ2) is 9.92. The van der Waals surface area contributed by atoms with Gasteiger partial charge in [-0.3, -0.25) is 9.48 Å². The van der Waals surface area contributed by atoms with Crippen molar-refractivity contribution < 1.29 is 14.6 Å². The maximum absolute atomic E-state index is 11.0. The molecule has 3 N–H and O–H groups in total. The molecule has 1 rings (SSSR count). The monoisotopic (exact) mass is 339 g/mol. The fourth-order valence-corrected chi connectivity index (χ4v) is 2.07. The van der Waals surface area contributed by atoms with E-state index in [1.54, 1.807) is 24.0 Å².